The van der Waals surface area contributed by atoms with Gasteiger partial charge >= 0.3 is 12.0 Å². The van der Waals surface area contributed by atoms with E-state index < -0.39 is 5.97 Å². The molecule has 0 radical (unpaired) electrons. The molecule has 0 bridgehead atoms. The molecule has 0 atom stereocenters. The van der Waals surface area contributed by atoms with Crippen LogP contribution in [0.4, 0.5) is 4.79 Å². The second kappa shape index (κ2) is 6.93. The fourth-order valence-electron chi connectivity index (χ4n) is 2.27. The smallest absolute Gasteiger partial charge is 0.356 e. The molecule has 110 valence electrons. The average Bonchev–Trinajstić information content (AvgIpc) is 2.73. The first-order valence-corrected chi connectivity index (χ1v) is 6.94. The average molecular weight is 280 g/mol. The number of aromatic carboxylic acids is 1. The molecule has 1 aliphatic rings. The van der Waals surface area contributed by atoms with Crippen LogP contribution in [-0.4, -0.2) is 51.2 Å². The van der Waals surface area contributed by atoms with Gasteiger partial charge in [0.2, 0.25) is 0 Å². The van der Waals surface area contributed by atoms with Crippen LogP contribution in [0.25, 0.3) is 0 Å². The summed E-state index contributed by atoms with van der Waals surface area (Å²) in [6.45, 7) is 2.62. The standard InChI is InChI=1S/C13H20N4O3/c18-12(19)11-9-16(10-15-11)8-5-14-13(20)17-6-3-1-2-4-7-17/h9-10H,1-8H2,(H,14,20)(H,18,19). The van der Waals surface area contributed by atoms with Gasteiger partial charge in [-0.3, -0.25) is 0 Å². The first kappa shape index (κ1) is 14.4. The zero-order chi connectivity index (χ0) is 14.4. The van der Waals surface area contributed by atoms with Crippen LogP contribution in [0.2, 0.25) is 0 Å². The topological polar surface area (TPSA) is 87.5 Å². The second-order valence-electron chi connectivity index (χ2n) is 4.94. The predicted molar refractivity (Wildman–Crippen MR) is 72.6 cm³/mol. The van der Waals surface area contributed by atoms with Crippen LogP contribution in [-0.2, 0) is 6.54 Å². The third kappa shape index (κ3) is 3.97. The first-order chi connectivity index (χ1) is 9.66. The number of carbonyl (C=O) groups excluding carboxylic acids is 1. The van der Waals surface area contributed by atoms with Gasteiger partial charge in [-0.2, -0.15) is 0 Å². The van der Waals surface area contributed by atoms with E-state index in [-0.39, 0.29) is 11.7 Å². The van der Waals surface area contributed by atoms with Crippen molar-refractivity contribution in [2.75, 3.05) is 19.6 Å². The molecule has 1 aliphatic heterocycles. The number of rotatable bonds is 4. The number of amides is 2. The van der Waals surface area contributed by atoms with Crippen molar-refractivity contribution in [3.05, 3.63) is 18.2 Å². The van der Waals surface area contributed by atoms with E-state index in [4.69, 9.17) is 5.11 Å². The summed E-state index contributed by atoms with van der Waals surface area (Å²) in [5.74, 6) is -1.04. The highest BCUT2D eigenvalue weighted by molar-refractivity contribution is 5.84. The lowest BCUT2D eigenvalue weighted by molar-refractivity contribution is 0.0691. The van der Waals surface area contributed by atoms with Crippen molar-refractivity contribution in [1.29, 1.82) is 0 Å². The Morgan fingerprint density at radius 3 is 2.55 bits per heavy atom. The Bertz CT molecular complexity index is 464. The number of likely N-dealkylation sites (tertiary alicyclic amines) is 1. The maximum absolute atomic E-state index is 12.0. The van der Waals surface area contributed by atoms with Crippen LogP contribution < -0.4 is 5.32 Å². The fraction of sp³-hybridized carbons (Fsp3) is 0.615. The molecule has 0 aromatic carbocycles. The maximum Gasteiger partial charge on any atom is 0.356 e. The molecule has 2 rings (SSSR count). The van der Waals surface area contributed by atoms with Gasteiger partial charge in [0.15, 0.2) is 5.69 Å². The number of urea groups is 1. The van der Waals surface area contributed by atoms with E-state index in [0.29, 0.717) is 13.1 Å². The summed E-state index contributed by atoms with van der Waals surface area (Å²) in [7, 11) is 0. The lowest BCUT2D eigenvalue weighted by atomic mass is 10.2. The number of carboxylic acids is 1. The maximum atomic E-state index is 12.0. The fourth-order valence-corrected chi connectivity index (χ4v) is 2.27. The summed E-state index contributed by atoms with van der Waals surface area (Å²) in [6, 6.07) is -0.0366. The lowest BCUT2D eigenvalue weighted by Gasteiger charge is -2.20. The molecule has 1 fully saturated rings. The SMILES string of the molecule is O=C(O)c1cn(CCNC(=O)N2CCCCCC2)cn1. The van der Waals surface area contributed by atoms with Crippen molar-refractivity contribution >= 4 is 12.0 Å². The number of hydrogen-bond donors (Lipinski definition) is 2. The van der Waals surface area contributed by atoms with Crippen LogP contribution in [0.15, 0.2) is 12.5 Å². The van der Waals surface area contributed by atoms with E-state index >= 15 is 0 Å². The normalized spacial score (nSPS) is 15.7. The zero-order valence-corrected chi connectivity index (χ0v) is 11.4. The number of nitrogens with zero attached hydrogens (tertiary/aromatic N) is 3. The number of carboxylic acid groups (broad SMARTS) is 1. The predicted octanol–water partition coefficient (Wildman–Crippen LogP) is 1.17. The van der Waals surface area contributed by atoms with Gasteiger partial charge < -0.3 is 19.9 Å². The van der Waals surface area contributed by atoms with Gasteiger partial charge in [-0.25, -0.2) is 14.6 Å². The largest absolute Gasteiger partial charge is 0.476 e. The third-order valence-electron chi connectivity index (χ3n) is 3.39. The number of imidazole rings is 1. The number of nitrogens with one attached hydrogen (secondary N) is 1. The van der Waals surface area contributed by atoms with Crippen LogP contribution in [0.3, 0.4) is 0 Å². The molecule has 2 amide bonds. The highest BCUT2D eigenvalue weighted by Gasteiger charge is 2.14. The Balaban J connectivity index is 1.74. The molecule has 1 aromatic heterocycles. The van der Waals surface area contributed by atoms with Crippen LogP contribution in [0, 0.1) is 0 Å². The van der Waals surface area contributed by atoms with Gasteiger partial charge in [-0.15, -0.1) is 0 Å². The number of aromatic nitrogens is 2. The second-order valence-corrected chi connectivity index (χ2v) is 4.94. The van der Waals surface area contributed by atoms with Crippen molar-refractivity contribution in [2.45, 2.75) is 32.2 Å². The summed E-state index contributed by atoms with van der Waals surface area (Å²) in [6.07, 6.45) is 7.43. The summed E-state index contributed by atoms with van der Waals surface area (Å²) in [5.41, 5.74) is 0.0174. The highest BCUT2D eigenvalue weighted by Crippen LogP contribution is 2.09. The van der Waals surface area contributed by atoms with Gasteiger partial charge in [0.1, 0.15) is 0 Å². The summed E-state index contributed by atoms with van der Waals surface area (Å²) < 4.78 is 1.66. The molecule has 2 N–H and O–H groups in total. The summed E-state index contributed by atoms with van der Waals surface area (Å²) >= 11 is 0. The summed E-state index contributed by atoms with van der Waals surface area (Å²) in [5, 5.41) is 11.6. The molecular weight excluding hydrogens is 260 g/mol. The molecular formula is C13H20N4O3. The van der Waals surface area contributed by atoms with Crippen LogP contribution >= 0.6 is 0 Å². The van der Waals surface area contributed by atoms with Crippen molar-refractivity contribution in [3.63, 3.8) is 0 Å². The lowest BCUT2D eigenvalue weighted by Crippen LogP contribution is -2.41. The monoisotopic (exact) mass is 280 g/mol. The van der Waals surface area contributed by atoms with Gasteiger partial charge in [0.25, 0.3) is 0 Å². The molecule has 0 unspecified atom stereocenters. The molecule has 2 heterocycles. The molecule has 7 heteroatoms. The van der Waals surface area contributed by atoms with E-state index in [9.17, 15) is 9.59 Å². The van der Waals surface area contributed by atoms with Crippen LogP contribution in [0.1, 0.15) is 36.2 Å². The molecule has 1 saturated heterocycles. The quantitative estimate of drug-likeness (QED) is 0.866. The Kier molecular flexibility index (Phi) is 4.97. The highest BCUT2D eigenvalue weighted by atomic mass is 16.4. The molecule has 20 heavy (non-hydrogen) atoms. The number of carbonyl (C=O) groups is 2. The molecule has 1 aromatic rings. The summed E-state index contributed by atoms with van der Waals surface area (Å²) in [4.78, 5) is 28.2. The minimum atomic E-state index is -1.04. The van der Waals surface area contributed by atoms with Gasteiger partial charge in [-0.05, 0) is 12.8 Å². The molecule has 0 aliphatic carbocycles. The van der Waals surface area contributed by atoms with Gasteiger partial charge in [0, 0.05) is 32.4 Å². The molecule has 7 nitrogen and oxygen atoms in total. The van der Waals surface area contributed by atoms with E-state index in [1.165, 1.54) is 25.4 Å². The van der Waals surface area contributed by atoms with Crippen molar-refractivity contribution in [1.82, 2.24) is 19.8 Å². The van der Waals surface area contributed by atoms with Gasteiger partial charge in [0.05, 0.1) is 6.33 Å². The first-order valence-electron chi connectivity index (χ1n) is 6.94. The Labute approximate surface area is 117 Å². The Morgan fingerprint density at radius 2 is 1.95 bits per heavy atom. The van der Waals surface area contributed by atoms with Crippen molar-refractivity contribution < 1.29 is 14.7 Å². The van der Waals surface area contributed by atoms with Crippen LogP contribution in [0.5, 0.6) is 0 Å². The van der Waals surface area contributed by atoms with Gasteiger partial charge in [-0.1, -0.05) is 12.8 Å². The Hall–Kier alpha value is -2.05. The van der Waals surface area contributed by atoms with Crippen molar-refractivity contribution in [3.8, 4) is 0 Å². The minimum absolute atomic E-state index is 0.0174. The van der Waals surface area contributed by atoms with E-state index in [2.05, 4.69) is 10.3 Å². The van der Waals surface area contributed by atoms with Crippen molar-refractivity contribution in [2.24, 2.45) is 0 Å². The zero-order valence-electron chi connectivity index (χ0n) is 11.4. The van der Waals surface area contributed by atoms with E-state index in [0.717, 1.165) is 25.9 Å². The van der Waals surface area contributed by atoms with E-state index in [1.54, 1.807) is 4.57 Å². The van der Waals surface area contributed by atoms with E-state index in [1.807, 2.05) is 4.90 Å². The minimum Gasteiger partial charge on any atom is -0.476 e. The Morgan fingerprint density at radius 1 is 1.25 bits per heavy atom. The third-order valence-corrected chi connectivity index (χ3v) is 3.39. The molecule has 0 spiro atoms. The molecule has 0 saturated carbocycles. The number of hydrogen-bond acceptors (Lipinski definition) is 3.